The number of rotatable bonds is 5. The minimum Gasteiger partial charge on any atom is -0.352 e. The molecule has 1 aliphatic rings. The quantitative estimate of drug-likeness (QED) is 0.617. The van der Waals surface area contributed by atoms with Crippen LogP contribution in [0.4, 0.5) is 5.95 Å². The third-order valence-electron chi connectivity index (χ3n) is 3.33. The average molecular weight is 292 g/mol. The standard InChI is InChI=1S/C13H20N6O2/c14-8-11(20)17-9-12(21)18-10-2-6-19(7-3-10)13-15-4-1-5-16-13/h1,4-5,10H,2-3,6-9,14H2,(H,17,20)(H,18,21). The summed E-state index contributed by atoms with van der Waals surface area (Å²) >= 11 is 0. The molecule has 2 rings (SSSR count). The van der Waals surface area contributed by atoms with E-state index >= 15 is 0 Å². The van der Waals surface area contributed by atoms with Crippen molar-refractivity contribution in [2.45, 2.75) is 18.9 Å². The van der Waals surface area contributed by atoms with Crippen LogP contribution in [0.1, 0.15) is 12.8 Å². The number of nitrogens with zero attached hydrogens (tertiary/aromatic N) is 3. The molecule has 0 radical (unpaired) electrons. The maximum Gasteiger partial charge on any atom is 0.239 e. The maximum absolute atomic E-state index is 11.7. The van der Waals surface area contributed by atoms with Gasteiger partial charge in [0, 0.05) is 31.5 Å². The van der Waals surface area contributed by atoms with E-state index < -0.39 is 0 Å². The van der Waals surface area contributed by atoms with E-state index in [2.05, 4.69) is 25.5 Å². The van der Waals surface area contributed by atoms with Crippen LogP contribution < -0.4 is 21.3 Å². The Balaban J connectivity index is 1.72. The molecule has 8 nitrogen and oxygen atoms in total. The summed E-state index contributed by atoms with van der Waals surface area (Å²) in [4.78, 5) is 33.2. The van der Waals surface area contributed by atoms with E-state index in [0.717, 1.165) is 31.9 Å². The second kappa shape index (κ2) is 7.53. The van der Waals surface area contributed by atoms with Gasteiger partial charge in [-0.2, -0.15) is 0 Å². The lowest BCUT2D eigenvalue weighted by Gasteiger charge is -2.32. The van der Waals surface area contributed by atoms with Crippen LogP contribution in [-0.2, 0) is 9.59 Å². The largest absolute Gasteiger partial charge is 0.352 e. The van der Waals surface area contributed by atoms with Gasteiger partial charge in [-0.1, -0.05) is 0 Å². The Bertz CT molecular complexity index is 473. The molecule has 0 saturated carbocycles. The molecule has 114 valence electrons. The van der Waals surface area contributed by atoms with E-state index in [1.807, 2.05) is 0 Å². The lowest BCUT2D eigenvalue weighted by Crippen LogP contribution is -2.48. The molecule has 2 amide bonds. The molecule has 1 aromatic rings. The van der Waals surface area contributed by atoms with Crippen molar-refractivity contribution < 1.29 is 9.59 Å². The third kappa shape index (κ3) is 4.67. The van der Waals surface area contributed by atoms with Crippen molar-refractivity contribution in [3.8, 4) is 0 Å². The van der Waals surface area contributed by atoms with Crippen LogP contribution in [0.25, 0.3) is 0 Å². The number of anilines is 1. The van der Waals surface area contributed by atoms with Crippen LogP contribution in [0, 0.1) is 0 Å². The van der Waals surface area contributed by atoms with E-state index in [-0.39, 0.29) is 30.9 Å². The summed E-state index contributed by atoms with van der Waals surface area (Å²) in [6.45, 7) is 1.45. The Hall–Kier alpha value is -2.22. The van der Waals surface area contributed by atoms with Crippen molar-refractivity contribution in [3.63, 3.8) is 0 Å². The zero-order valence-electron chi connectivity index (χ0n) is 11.8. The number of hydrogen-bond donors (Lipinski definition) is 3. The van der Waals surface area contributed by atoms with Crippen molar-refractivity contribution in [1.82, 2.24) is 20.6 Å². The summed E-state index contributed by atoms with van der Waals surface area (Å²) in [6.07, 6.45) is 5.09. The predicted molar refractivity (Wildman–Crippen MR) is 77.5 cm³/mol. The minimum absolute atomic E-state index is 0.0297. The molecule has 0 atom stereocenters. The molecule has 0 spiro atoms. The number of amides is 2. The van der Waals surface area contributed by atoms with Gasteiger partial charge in [0.15, 0.2) is 0 Å². The molecule has 0 aromatic carbocycles. The molecule has 8 heteroatoms. The number of aromatic nitrogens is 2. The van der Waals surface area contributed by atoms with Gasteiger partial charge in [-0.25, -0.2) is 9.97 Å². The number of nitrogens with one attached hydrogen (secondary N) is 2. The van der Waals surface area contributed by atoms with E-state index in [0.29, 0.717) is 0 Å². The van der Waals surface area contributed by atoms with Crippen molar-refractivity contribution in [2.75, 3.05) is 31.1 Å². The molecule has 2 heterocycles. The first-order valence-corrected chi connectivity index (χ1v) is 6.97. The van der Waals surface area contributed by atoms with Gasteiger partial charge in [0.2, 0.25) is 17.8 Å². The number of piperidine rings is 1. The number of carbonyl (C=O) groups is 2. The highest BCUT2D eigenvalue weighted by atomic mass is 16.2. The van der Waals surface area contributed by atoms with Crippen LogP contribution in [0.2, 0.25) is 0 Å². The molecule has 1 aliphatic heterocycles. The molecule has 21 heavy (non-hydrogen) atoms. The first-order valence-electron chi connectivity index (χ1n) is 6.97. The number of nitrogens with two attached hydrogens (primary N) is 1. The van der Waals surface area contributed by atoms with Gasteiger partial charge < -0.3 is 21.3 Å². The predicted octanol–water partition coefficient (Wildman–Crippen LogP) is -1.36. The lowest BCUT2D eigenvalue weighted by atomic mass is 10.1. The van der Waals surface area contributed by atoms with E-state index in [1.165, 1.54) is 0 Å². The van der Waals surface area contributed by atoms with Gasteiger partial charge in [-0.3, -0.25) is 9.59 Å². The molecule has 1 saturated heterocycles. The summed E-state index contributed by atoms with van der Waals surface area (Å²) in [5, 5.41) is 5.36. The molecular weight excluding hydrogens is 272 g/mol. The molecule has 0 bridgehead atoms. The molecule has 4 N–H and O–H groups in total. The topological polar surface area (TPSA) is 113 Å². The highest BCUT2D eigenvalue weighted by molar-refractivity contribution is 5.85. The Labute approximate surface area is 123 Å². The fourth-order valence-corrected chi connectivity index (χ4v) is 2.21. The number of carbonyl (C=O) groups excluding carboxylic acids is 2. The van der Waals surface area contributed by atoms with Gasteiger partial charge in [-0.05, 0) is 18.9 Å². The van der Waals surface area contributed by atoms with Crippen LogP contribution in [0.15, 0.2) is 18.5 Å². The van der Waals surface area contributed by atoms with Crippen molar-refractivity contribution >= 4 is 17.8 Å². The second-order valence-corrected chi connectivity index (χ2v) is 4.86. The fourth-order valence-electron chi connectivity index (χ4n) is 2.21. The van der Waals surface area contributed by atoms with Crippen molar-refractivity contribution in [1.29, 1.82) is 0 Å². The van der Waals surface area contributed by atoms with E-state index in [1.54, 1.807) is 18.5 Å². The first kappa shape index (κ1) is 15.2. The first-order chi connectivity index (χ1) is 10.2. The average Bonchev–Trinajstić information content (AvgIpc) is 2.54. The second-order valence-electron chi connectivity index (χ2n) is 4.86. The summed E-state index contributed by atoms with van der Waals surface area (Å²) in [7, 11) is 0. The zero-order chi connectivity index (χ0) is 15.1. The van der Waals surface area contributed by atoms with Gasteiger partial charge in [-0.15, -0.1) is 0 Å². The van der Waals surface area contributed by atoms with E-state index in [9.17, 15) is 9.59 Å². The Morgan fingerprint density at radius 3 is 2.52 bits per heavy atom. The zero-order valence-corrected chi connectivity index (χ0v) is 11.8. The van der Waals surface area contributed by atoms with Gasteiger partial charge in [0.25, 0.3) is 0 Å². The Morgan fingerprint density at radius 2 is 1.90 bits per heavy atom. The van der Waals surface area contributed by atoms with Crippen LogP contribution >= 0.6 is 0 Å². The highest BCUT2D eigenvalue weighted by Crippen LogP contribution is 2.15. The monoisotopic (exact) mass is 292 g/mol. The Kier molecular flexibility index (Phi) is 5.44. The minimum atomic E-state index is -0.332. The Morgan fingerprint density at radius 1 is 1.24 bits per heavy atom. The van der Waals surface area contributed by atoms with Crippen molar-refractivity contribution in [3.05, 3.63) is 18.5 Å². The normalized spacial score (nSPS) is 15.6. The molecule has 0 aliphatic carbocycles. The molecule has 1 aromatic heterocycles. The van der Waals surface area contributed by atoms with Crippen LogP contribution in [0.5, 0.6) is 0 Å². The van der Waals surface area contributed by atoms with Crippen LogP contribution in [-0.4, -0.2) is 54.0 Å². The van der Waals surface area contributed by atoms with E-state index in [4.69, 9.17) is 5.73 Å². The molecular formula is C13H20N6O2. The SMILES string of the molecule is NCC(=O)NCC(=O)NC1CCN(c2ncccn2)CC1. The third-order valence-corrected chi connectivity index (χ3v) is 3.33. The van der Waals surface area contributed by atoms with Gasteiger partial charge in [0.05, 0.1) is 13.1 Å². The summed E-state index contributed by atoms with van der Waals surface area (Å²) in [6, 6.07) is 1.90. The lowest BCUT2D eigenvalue weighted by molar-refractivity contribution is -0.125. The van der Waals surface area contributed by atoms with Gasteiger partial charge in [0.1, 0.15) is 0 Å². The summed E-state index contributed by atoms with van der Waals surface area (Å²) in [5.41, 5.74) is 5.15. The van der Waals surface area contributed by atoms with Gasteiger partial charge >= 0.3 is 0 Å². The smallest absolute Gasteiger partial charge is 0.239 e. The summed E-state index contributed by atoms with van der Waals surface area (Å²) < 4.78 is 0. The summed E-state index contributed by atoms with van der Waals surface area (Å²) in [5.74, 6) is 0.199. The maximum atomic E-state index is 11.7. The fraction of sp³-hybridized carbons (Fsp3) is 0.538. The van der Waals surface area contributed by atoms with Crippen molar-refractivity contribution in [2.24, 2.45) is 5.73 Å². The number of hydrogen-bond acceptors (Lipinski definition) is 6. The van der Waals surface area contributed by atoms with Crippen LogP contribution in [0.3, 0.4) is 0 Å². The highest BCUT2D eigenvalue weighted by Gasteiger charge is 2.21. The molecule has 1 fully saturated rings. The molecule has 0 unspecified atom stereocenters.